The Kier molecular flexibility index (Phi) is 3.05. The lowest BCUT2D eigenvalue weighted by atomic mass is 9.98. The van der Waals surface area contributed by atoms with Gasteiger partial charge in [0.25, 0.3) is 0 Å². The van der Waals surface area contributed by atoms with Crippen molar-refractivity contribution < 1.29 is 0 Å². The lowest BCUT2D eigenvalue weighted by Gasteiger charge is -2.30. The SMILES string of the molecule is CNC1c2cc(Cl)ccc2CSC1C. The van der Waals surface area contributed by atoms with Crippen LogP contribution in [0.2, 0.25) is 5.02 Å². The predicted octanol–water partition coefficient (Wildman–Crippen LogP) is 3.24. The first kappa shape index (κ1) is 10.3. The highest BCUT2D eigenvalue weighted by Gasteiger charge is 2.25. The van der Waals surface area contributed by atoms with Crippen LogP contribution < -0.4 is 5.32 Å². The van der Waals surface area contributed by atoms with Gasteiger partial charge in [0.15, 0.2) is 0 Å². The first-order valence-corrected chi connectivity index (χ1v) is 6.22. The molecular formula is C11H14ClNS. The standard InChI is InChI=1S/C11H14ClNS/c1-7-11(13-2)10-5-9(12)4-3-8(10)6-14-7/h3-5,7,11,13H,6H2,1-2H3. The van der Waals surface area contributed by atoms with E-state index in [4.69, 9.17) is 11.6 Å². The monoisotopic (exact) mass is 227 g/mol. The zero-order valence-electron chi connectivity index (χ0n) is 8.38. The van der Waals surface area contributed by atoms with E-state index < -0.39 is 0 Å². The fraction of sp³-hybridized carbons (Fsp3) is 0.455. The molecule has 2 unspecified atom stereocenters. The molecule has 0 saturated carbocycles. The zero-order chi connectivity index (χ0) is 10.1. The summed E-state index contributed by atoms with van der Waals surface area (Å²) < 4.78 is 0. The summed E-state index contributed by atoms with van der Waals surface area (Å²) in [7, 11) is 2.01. The minimum atomic E-state index is 0.433. The number of rotatable bonds is 1. The van der Waals surface area contributed by atoms with Crippen LogP contribution in [0.4, 0.5) is 0 Å². The molecule has 1 heterocycles. The van der Waals surface area contributed by atoms with Crippen LogP contribution in [0.15, 0.2) is 18.2 Å². The molecule has 0 spiro atoms. The highest BCUT2D eigenvalue weighted by Crippen LogP contribution is 2.38. The van der Waals surface area contributed by atoms with E-state index in [2.05, 4.69) is 24.4 Å². The minimum Gasteiger partial charge on any atom is -0.312 e. The van der Waals surface area contributed by atoms with Gasteiger partial charge in [0.1, 0.15) is 0 Å². The van der Waals surface area contributed by atoms with Crippen molar-refractivity contribution in [3.05, 3.63) is 34.3 Å². The molecular weight excluding hydrogens is 214 g/mol. The summed E-state index contributed by atoms with van der Waals surface area (Å²) in [4.78, 5) is 0. The number of halogens is 1. The predicted molar refractivity (Wildman–Crippen MR) is 64.0 cm³/mol. The van der Waals surface area contributed by atoms with Crippen molar-refractivity contribution in [3.63, 3.8) is 0 Å². The molecule has 1 aromatic rings. The molecule has 2 rings (SSSR count). The first-order valence-electron chi connectivity index (χ1n) is 4.79. The fourth-order valence-corrected chi connectivity index (χ4v) is 3.31. The maximum Gasteiger partial charge on any atom is 0.0439 e. The molecule has 2 atom stereocenters. The van der Waals surface area contributed by atoms with Gasteiger partial charge in [-0.25, -0.2) is 0 Å². The van der Waals surface area contributed by atoms with Crippen LogP contribution in [0.5, 0.6) is 0 Å². The van der Waals surface area contributed by atoms with Crippen molar-refractivity contribution in [3.8, 4) is 0 Å². The molecule has 0 radical (unpaired) electrons. The lowest BCUT2D eigenvalue weighted by Crippen LogP contribution is -2.29. The topological polar surface area (TPSA) is 12.0 Å². The van der Waals surface area contributed by atoms with Crippen LogP contribution in [0.25, 0.3) is 0 Å². The molecule has 0 aromatic heterocycles. The van der Waals surface area contributed by atoms with E-state index in [9.17, 15) is 0 Å². The number of hydrogen-bond donors (Lipinski definition) is 1. The van der Waals surface area contributed by atoms with Gasteiger partial charge in [-0.15, -0.1) is 0 Å². The Hall–Kier alpha value is -0.180. The number of nitrogens with one attached hydrogen (secondary N) is 1. The molecule has 0 fully saturated rings. The Labute approximate surface area is 94.2 Å². The molecule has 0 amide bonds. The van der Waals surface area contributed by atoms with Gasteiger partial charge in [-0.1, -0.05) is 24.6 Å². The smallest absolute Gasteiger partial charge is 0.0439 e. The van der Waals surface area contributed by atoms with E-state index >= 15 is 0 Å². The van der Waals surface area contributed by atoms with Gasteiger partial charge in [0.2, 0.25) is 0 Å². The molecule has 1 nitrogen and oxygen atoms in total. The molecule has 3 heteroatoms. The van der Waals surface area contributed by atoms with Gasteiger partial charge in [-0.2, -0.15) is 11.8 Å². The van der Waals surface area contributed by atoms with Crippen molar-refractivity contribution in [2.75, 3.05) is 7.05 Å². The largest absolute Gasteiger partial charge is 0.312 e. The normalized spacial score (nSPS) is 25.9. The second kappa shape index (κ2) is 4.13. The van der Waals surface area contributed by atoms with Crippen LogP contribution in [0, 0.1) is 0 Å². The summed E-state index contributed by atoms with van der Waals surface area (Å²) in [6, 6.07) is 6.64. The van der Waals surface area contributed by atoms with Crippen LogP contribution in [0.3, 0.4) is 0 Å². The minimum absolute atomic E-state index is 0.433. The lowest BCUT2D eigenvalue weighted by molar-refractivity contribution is 0.579. The number of hydrogen-bond acceptors (Lipinski definition) is 2. The van der Waals surface area contributed by atoms with Gasteiger partial charge in [0, 0.05) is 22.1 Å². The Morgan fingerprint density at radius 1 is 1.50 bits per heavy atom. The summed E-state index contributed by atoms with van der Waals surface area (Å²) in [6.45, 7) is 2.26. The van der Waals surface area contributed by atoms with E-state index in [0.29, 0.717) is 11.3 Å². The second-order valence-electron chi connectivity index (χ2n) is 3.63. The molecule has 0 saturated heterocycles. The average Bonchev–Trinajstić information content (AvgIpc) is 2.17. The molecule has 1 aromatic carbocycles. The Morgan fingerprint density at radius 3 is 3.00 bits per heavy atom. The first-order chi connectivity index (χ1) is 6.72. The molecule has 76 valence electrons. The van der Waals surface area contributed by atoms with E-state index in [-0.39, 0.29) is 0 Å². The maximum atomic E-state index is 6.01. The molecule has 0 aliphatic carbocycles. The van der Waals surface area contributed by atoms with Crippen LogP contribution in [-0.2, 0) is 5.75 Å². The summed E-state index contributed by atoms with van der Waals surface area (Å²) in [5.41, 5.74) is 2.78. The second-order valence-corrected chi connectivity index (χ2v) is 5.43. The third-order valence-electron chi connectivity index (χ3n) is 2.73. The summed E-state index contributed by atoms with van der Waals surface area (Å²) in [5, 5.41) is 4.81. The highest BCUT2D eigenvalue weighted by molar-refractivity contribution is 7.99. The van der Waals surface area contributed by atoms with E-state index in [1.54, 1.807) is 0 Å². The summed E-state index contributed by atoms with van der Waals surface area (Å²) in [6.07, 6.45) is 0. The van der Waals surface area contributed by atoms with Crippen molar-refractivity contribution in [2.45, 2.75) is 24.0 Å². The van der Waals surface area contributed by atoms with E-state index in [1.807, 2.05) is 24.9 Å². The Morgan fingerprint density at radius 2 is 2.29 bits per heavy atom. The van der Waals surface area contributed by atoms with Gasteiger partial charge >= 0.3 is 0 Å². The fourth-order valence-electron chi connectivity index (χ4n) is 1.95. The highest BCUT2D eigenvalue weighted by atomic mass is 35.5. The van der Waals surface area contributed by atoms with E-state index in [1.165, 1.54) is 11.1 Å². The maximum absolute atomic E-state index is 6.01. The third kappa shape index (κ3) is 1.79. The van der Waals surface area contributed by atoms with Gasteiger partial charge in [-0.05, 0) is 30.3 Å². The van der Waals surface area contributed by atoms with E-state index in [0.717, 1.165) is 10.8 Å². The van der Waals surface area contributed by atoms with Crippen molar-refractivity contribution in [1.82, 2.24) is 5.32 Å². The van der Waals surface area contributed by atoms with Crippen LogP contribution in [-0.4, -0.2) is 12.3 Å². The summed E-state index contributed by atoms with van der Waals surface area (Å²) >= 11 is 8.01. The number of fused-ring (bicyclic) bond motifs is 1. The molecule has 1 aliphatic rings. The molecule has 14 heavy (non-hydrogen) atoms. The van der Waals surface area contributed by atoms with Crippen molar-refractivity contribution in [2.24, 2.45) is 0 Å². The molecule has 0 bridgehead atoms. The van der Waals surface area contributed by atoms with Gasteiger partial charge in [0.05, 0.1) is 0 Å². The average molecular weight is 228 g/mol. The molecule has 1 aliphatic heterocycles. The number of benzene rings is 1. The molecule has 1 N–H and O–H groups in total. The van der Waals surface area contributed by atoms with Gasteiger partial charge in [-0.3, -0.25) is 0 Å². The summed E-state index contributed by atoms with van der Waals surface area (Å²) in [5.74, 6) is 1.10. The quantitative estimate of drug-likeness (QED) is 0.791. The van der Waals surface area contributed by atoms with Crippen LogP contribution >= 0.6 is 23.4 Å². The third-order valence-corrected chi connectivity index (χ3v) is 4.24. The van der Waals surface area contributed by atoms with Crippen molar-refractivity contribution in [1.29, 1.82) is 0 Å². The van der Waals surface area contributed by atoms with Crippen LogP contribution in [0.1, 0.15) is 24.1 Å². The Bertz CT molecular complexity index is 340. The number of thioether (sulfide) groups is 1. The zero-order valence-corrected chi connectivity index (χ0v) is 9.95. The van der Waals surface area contributed by atoms with Gasteiger partial charge < -0.3 is 5.32 Å². The van der Waals surface area contributed by atoms with Crippen molar-refractivity contribution >= 4 is 23.4 Å². The Balaban J connectivity index is 2.43.